The Labute approximate surface area is 181 Å². The second kappa shape index (κ2) is 8.72. The molecule has 0 heterocycles. The summed E-state index contributed by atoms with van der Waals surface area (Å²) in [4.78, 5) is 0. The summed E-state index contributed by atoms with van der Waals surface area (Å²) in [5.41, 5.74) is -5.88. The molecule has 0 amide bonds. The molecule has 0 aliphatic heterocycles. The molecule has 1 aliphatic carbocycles. The van der Waals surface area contributed by atoms with Gasteiger partial charge in [-0.1, -0.05) is 75.0 Å². The zero-order valence-corrected chi connectivity index (χ0v) is 18.6. The molecular formula is C18H24F11I. The Morgan fingerprint density at radius 1 is 0.567 bits per heavy atom. The van der Waals surface area contributed by atoms with Gasteiger partial charge in [0.05, 0.1) is 0 Å². The zero-order chi connectivity index (χ0) is 23.9. The molecule has 30 heavy (non-hydrogen) atoms. The molecule has 1 unspecified atom stereocenters. The number of hydrogen-bond donors (Lipinski definition) is 0. The third-order valence-electron chi connectivity index (χ3n) is 5.75. The lowest BCUT2D eigenvalue weighted by molar-refractivity contribution is -0.486. The van der Waals surface area contributed by atoms with E-state index in [-0.39, 0.29) is 19.3 Å². The molecule has 180 valence electrons. The highest BCUT2D eigenvalue weighted by Gasteiger charge is 3.01. The van der Waals surface area contributed by atoms with Gasteiger partial charge in [-0.3, -0.25) is 0 Å². The normalized spacial score (nSPS) is 27.4. The number of halogens is 12. The molecule has 1 aliphatic rings. The Morgan fingerprint density at radius 3 is 1.33 bits per heavy atom. The summed E-state index contributed by atoms with van der Waals surface area (Å²) in [5.74, 6) is -34.7. The molecule has 1 fully saturated rings. The fourth-order valence-corrected chi connectivity index (χ4v) is 4.46. The maximum absolute atomic E-state index is 15.0. The minimum Gasteiger partial charge on any atom is -0.230 e. The minimum absolute atomic E-state index is 0.207. The molecule has 1 saturated carbocycles. The first kappa shape index (κ1) is 28.0. The number of unbranched alkanes of at least 4 members (excludes halogenated alkanes) is 5. The molecule has 1 rings (SSSR count). The van der Waals surface area contributed by atoms with Crippen LogP contribution < -0.4 is 0 Å². The van der Waals surface area contributed by atoms with E-state index in [2.05, 4.69) is 0 Å². The van der Waals surface area contributed by atoms with E-state index in [4.69, 9.17) is 0 Å². The van der Waals surface area contributed by atoms with Gasteiger partial charge in [0, 0.05) is 9.84 Å². The van der Waals surface area contributed by atoms with Crippen LogP contribution in [-0.4, -0.2) is 38.7 Å². The first-order valence-electron chi connectivity index (χ1n) is 9.60. The Bertz CT molecular complexity index is 561. The van der Waals surface area contributed by atoms with Crippen molar-refractivity contribution >= 4 is 22.6 Å². The van der Waals surface area contributed by atoms with E-state index in [0.29, 0.717) is 12.8 Å². The molecule has 0 N–H and O–H groups in total. The van der Waals surface area contributed by atoms with Crippen molar-refractivity contribution in [1.82, 2.24) is 0 Å². The van der Waals surface area contributed by atoms with Gasteiger partial charge in [0.2, 0.25) is 0 Å². The first-order chi connectivity index (χ1) is 13.3. The second-order valence-electron chi connectivity index (χ2n) is 7.87. The maximum atomic E-state index is 15.0. The third kappa shape index (κ3) is 3.92. The lowest BCUT2D eigenvalue weighted by Gasteiger charge is -2.54. The van der Waals surface area contributed by atoms with Crippen LogP contribution >= 0.6 is 22.6 Å². The van der Waals surface area contributed by atoms with Gasteiger partial charge in [-0.25, -0.2) is 4.39 Å². The van der Waals surface area contributed by atoms with Gasteiger partial charge in [-0.15, -0.1) is 0 Å². The first-order valence-corrected chi connectivity index (χ1v) is 10.7. The Hall–Kier alpha value is -0.0400. The lowest BCUT2D eigenvalue weighted by Crippen LogP contribution is -2.84. The Kier molecular flexibility index (Phi) is 8.13. The summed E-state index contributed by atoms with van der Waals surface area (Å²) in [5, 5.41) is 0. The highest BCUT2D eigenvalue weighted by atomic mass is 127. The van der Waals surface area contributed by atoms with Crippen LogP contribution in [0, 0.1) is 0 Å². The molecule has 0 nitrogen and oxygen atoms in total. The van der Waals surface area contributed by atoms with Gasteiger partial charge in [0.1, 0.15) is 0 Å². The molecule has 0 spiro atoms. The quantitative estimate of drug-likeness (QED) is 0.106. The van der Waals surface area contributed by atoms with Crippen molar-refractivity contribution in [2.24, 2.45) is 0 Å². The van der Waals surface area contributed by atoms with Crippen LogP contribution in [-0.2, 0) is 0 Å². The molecule has 0 saturated heterocycles. The van der Waals surface area contributed by atoms with Gasteiger partial charge < -0.3 is 0 Å². The van der Waals surface area contributed by atoms with E-state index in [9.17, 15) is 43.9 Å². The van der Waals surface area contributed by atoms with Crippen molar-refractivity contribution in [3.05, 3.63) is 0 Å². The summed E-state index contributed by atoms with van der Waals surface area (Å²) in [6.07, 6.45) is 1.44. The van der Waals surface area contributed by atoms with Crippen LogP contribution in [0.1, 0.15) is 71.6 Å². The molecule has 12 heteroatoms. The van der Waals surface area contributed by atoms with E-state index in [1.165, 1.54) is 29.5 Å². The average Bonchev–Trinajstić information content (AvgIpc) is 2.62. The summed E-state index contributed by atoms with van der Waals surface area (Å²) >= 11 is 1.30. The Balaban J connectivity index is 3.28. The predicted molar refractivity (Wildman–Crippen MR) is 98.2 cm³/mol. The number of alkyl halides is 12. The van der Waals surface area contributed by atoms with Crippen LogP contribution in [0.25, 0.3) is 0 Å². The smallest absolute Gasteiger partial charge is 0.230 e. The Morgan fingerprint density at radius 2 is 0.933 bits per heavy atom. The topological polar surface area (TPSA) is 0 Å². The summed E-state index contributed by atoms with van der Waals surface area (Å²) < 4.78 is 151. The van der Waals surface area contributed by atoms with E-state index >= 15 is 4.39 Å². The van der Waals surface area contributed by atoms with Crippen LogP contribution in [0.2, 0.25) is 0 Å². The lowest BCUT2D eigenvalue weighted by atomic mass is 9.68. The standard InChI is InChI=1S/C18H24F11I/c1-3-5-6-7-8-9-10-12(30,4-2)11-13(19)14(20,21)16(24,25)18(28,29)17(26,27)15(13,22)23/h3-11H2,1-2H3. The van der Waals surface area contributed by atoms with Crippen LogP contribution in [0.4, 0.5) is 48.3 Å². The monoisotopic (exact) mass is 576 g/mol. The molecule has 0 aromatic heterocycles. The van der Waals surface area contributed by atoms with Crippen molar-refractivity contribution in [3.8, 4) is 0 Å². The number of rotatable bonds is 10. The third-order valence-corrected chi connectivity index (χ3v) is 7.43. The fraction of sp³-hybridized carbons (Fsp3) is 1.00. The van der Waals surface area contributed by atoms with E-state index in [1.807, 2.05) is 6.92 Å². The van der Waals surface area contributed by atoms with Gasteiger partial charge in [0.25, 0.3) is 5.67 Å². The van der Waals surface area contributed by atoms with Crippen molar-refractivity contribution in [3.63, 3.8) is 0 Å². The molecule has 1 atom stereocenters. The number of hydrogen-bond acceptors (Lipinski definition) is 0. The summed E-state index contributed by atoms with van der Waals surface area (Å²) in [6.45, 7) is 3.21. The van der Waals surface area contributed by atoms with Crippen molar-refractivity contribution < 1.29 is 48.3 Å². The van der Waals surface area contributed by atoms with Crippen molar-refractivity contribution in [2.75, 3.05) is 0 Å². The average molecular weight is 576 g/mol. The van der Waals surface area contributed by atoms with Crippen LogP contribution in [0.15, 0.2) is 0 Å². The SMILES string of the molecule is CCCCCCCCC(I)(CC)CC1(F)C(F)(F)C(F)(F)C(F)(F)C(F)(F)C1(F)F. The second-order valence-corrected chi connectivity index (χ2v) is 10.2. The fourth-order valence-electron chi connectivity index (χ4n) is 3.56. The van der Waals surface area contributed by atoms with E-state index < -0.39 is 45.1 Å². The van der Waals surface area contributed by atoms with Crippen LogP contribution in [0.5, 0.6) is 0 Å². The van der Waals surface area contributed by atoms with Crippen LogP contribution in [0.3, 0.4) is 0 Å². The van der Waals surface area contributed by atoms with Gasteiger partial charge in [0.15, 0.2) is 0 Å². The van der Waals surface area contributed by atoms with Crippen molar-refractivity contribution in [2.45, 2.75) is 110 Å². The highest BCUT2D eigenvalue weighted by Crippen LogP contribution is 2.71. The predicted octanol–water partition coefficient (Wildman–Crippen LogP) is 8.61. The zero-order valence-electron chi connectivity index (χ0n) is 16.4. The highest BCUT2D eigenvalue weighted by molar-refractivity contribution is 14.1. The molecule has 0 aromatic rings. The molecule has 0 radical (unpaired) electrons. The van der Waals surface area contributed by atoms with Gasteiger partial charge in [-0.05, 0) is 12.8 Å². The van der Waals surface area contributed by atoms with E-state index in [1.54, 1.807) is 0 Å². The molecule has 0 bridgehead atoms. The van der Waals surface area contributed by atoms with E-state index in [0.717, 1.165) is 19.3 Å². The minimum atomic E-state index is -7.15. The largest absolute Gasteiger partial charge is 0.384 e. The summed E-state index contributed by atoms with van der Waals surface area (Å²) in [7, 11) is 0. The van der Waals surface area contributed by atoms with Crippen molar-refractivity contribution in [1.29, 1.82) is 0 Å². The molecular weight excluding hydrogens is 552 g/mol. The maximum Gasteiger partial charge on any atom is 0.384 e. The molecule has 0 aromatic carbocycles. The summed E-state index contributed by atoms with van der Waals surface area (Å²) in [6, 6.07) is 0. The van der Waals surface area contributed by atoms with Gasteiger partial charge >= 0.3 is 29.6 Å². The van der Waals surface area contributed by atoms with Gasteiger partial charge in [-0.2, -0.15) is 43.9 Å².